The molecule has 2 nitrogen and oxygen atoms in total. The largest absolute Gasteiger partial charge is 0.318 e. The SMILES string of the molecule is Cc1cc(C)cc(-n2c(C)cc(C=Nc3ccc(Br)cc3C)c2C)c1. The van der Waals surface area contributed by atoms with E-state index in [4.69, 9.17) is 4.99 Å². The highest BCUT2D eigenvalue weighted by Crippen LogP contribution is 2.25. The van der Waals surface area contributed by atoms with Crippen LogP contribution in [0.25, 0.3) is 5.69 Å². The molecule has 0 atom stereocenters. The van der Waals surface area contributed by atoms with Gasteiger partial charge in [-0.25, -0.2) is 0 Å². The molecule has 0 radical (unpaired) electrons. The van der Waals surface area contributed by atoms with Gasteiger partial charge in [-0.3, -0.25) is 4.99 Å². The first-order chi connectivity index (χ1) is 11.8. The molecular weight excluding hydrogens is 372 g/mol. The second kappa shape index (κ2) is 7.01. The molecule has 0 saturated carbocycles. The highest BCUT2D eigenvalue weighted by molar-refractivity contribution is 9.10. The standard InChI is InChI=1S/C22H23BrN2/c1-14-8-15(2)10-21(9-14)25-17(4)12-19(18(25)5)13-24-22-7-6-20(23)11-16(22)3/h6-13H,1-5H3. The Bertz CT molecular complexity index is 944. The van der Waals surface area contributed by atoms with Crippen molar-refractivity contribution in [3.8, 4) is 5.69 Å². The summed E-state index contributed by atoms with van der Waals surface area (Å²) in [7, 11) is 0. The van der Waals surface area contributed by atoms with Gasteiger partial charge in [0.15, 0.2) is 0 Å². The van der Waals surface area contributed by atoms with Crippen molar-refractivity contribution >= 4 is 27.8 Å². The summed E-state index contributed by atoms with van der Waals surface area (Å²) in [5.74, 6) is 0. The van der Waals surface area contributed by atoms with Crippen molar-refractivity contribution in [2.75, 3.05) is 0 Å². The Kier molecular flexibility index (Phi) is 4.96. The molecule has 0 aliphatic rings. The van der Waals surface area contributed by atoms with Crippen molar-refractivity contribution in [2.45, 2.75) is 34.6 Å². The van der Waals surface area contributed by atoms with E-state index >= 15 is 0 Å². The molecule has 0 N–H and O–H groups in total. The van der Waals surface area contributed by atoms with E-state index in [9.17, 15) is 0 Å². The molecule has 1 heterocycles. The van der Waals surface area contributed by atoms with Crippen LogP contribution in [-0.2, 0) is 0 Å². The van der Waals surface area contributed by atoms with E-state index in [0.29, 0.717) is 0 Å². The Morgan fingerprint density at radius 1 is 0.880 bits per heavy atom. The summed E-state index contributed by atoms with van der Waals surface area (Å²) in [6, 6.07) is 15.0. The third-order valence-corrected chi connectivity index (χ3v) is 4.93. The first-order valence-electron chi connectivity index (χ1n) is 8.43. The minimum absolute atomic E-state index is 0.999. The van der Waals surface area contributed by atoms with E-state index < -0.39 is 0 Å². The highest BCUT2D eigenvalue weighted by atomic mass is 79.9. The second-order valence-corrected chi connectivity index (χ2v) is 7.61. The Balaban J connectivity index is 2.01. The molecule has 0 saturated heterocycles. The summed E-state index contributed by atoms with van der Waals surface area (Å²) in [4.78, 5) is 4.70. The summed E-state index contributed by atoms with van der Waals surface area (Å²) in [5, 5.41) is 0. The number of hydrogen-bond acceptors (Lipinski definition) is 1. The summed E-state index contributed by atoms with van der Waals surface area (Å²) >= 11 is 3.50. The van der Waals surface area contributed by atoms with Gasteiger partial charge in [-0.05, 0) is 87.7 Å². The molecule has 0 fully saturated rings. The maximum absolute atomic E-state index is 4.70. The van der Waals surface area contributed by atoms with Crippen LogP contribution in [-0.4, -0.2) is 10.8 Å². The van der Waals surface area contributed by atoms with Gasteiger partial charge in [-0.1, -0.05) is 22.0 Å². The van der Waals surface area contributed by atoms with Gasteiger partial charge in [0, 0.05) is 33.3 Å². The van der Waals surface area contributed by atoms with Gasteiger partial charge in [0.1, 0.15) is 0 Å². The minimum atomic E-state index is 0.999. The lowest BCUT2D eigenvalue weighted by Gasteiger charge is -2.11. The summed E-state index contributed by atoms with van der Waals surface area (Å²) < 4.78 is 3.38. The highest BCUT2D eigenvalue weighted by Gasteiger charge is 2.10. The van der Waals surface area contributed by atoms with Gasteiger partial charge in [0.05, 0.1) is 5.69 Å². The van der Waals surface area contributed by atoms with Crippen molar-refractivity contribution < 1.29 is 0 Å². The Labute approximate surface area is 158 Å². The molecule has 2 aromatic carbocycles. The topological polar surface area (TPSA) is 17.3 Å². The zero-order chi connectivity index (χ0) is 18.1. The molecule has 1 aromatic heterocycles. The first-order valence-corrected chi connectivity index (χ1v) is 9.22. The van der Waals surface area contributed by atoms with Crippen LogP contribution in [0.2, 0.25) is 0 Å². The van der Waals surface area contributed by atoms with E-state index in [-0.39, 0.29) is 0 Å². The lowest BCUT2D eigenvalue weighted by Crippen LogP contribution is -2.00. The number of aryl methyl sites for hydroxylation is 4. The number of nitrogens with zero attached hydrogens (tertiary/aromatic N) is 2. The number of benzene rings is 2. The van der Waals surface area contributed by atoms with Crippen molar-refractivity contribution in [2.24, 2.45) is 4.99 Å². The van der Waals surface area contributed by atoms with Gasteiger partial charge in [0.2, 0.25) is 0 Å². The average molecular weight is 395 g/mol. The predicted octanol–water partition coefficient (Wildman–Crippen LogP) is 6.53. The van der Waals surface area contributed by atoms with E-state index in [0.717, 1.165) is 21.3 Å². The molecule has 0 aliphatic carbocycles. The third kappa shape index (κ3) is 3.77. The molecule has 0 aliphatic heterocycles. The zero-order valence-electron chi connectivity index (χ0n) is 15.4. The molecule has 3 heteroatoms. The smallest absolute Gasteiger partial charge is 0.0659 e. The fourth-order valence-corrected chi connectivity index (χ4v) is 3.77. The predicted molar refractivity (Wildman–Crippen MR) is 111 cm³/mol. The van der Waals surface area contributed by atoms with Crippen LogP contribution in [0.5, 0.6) is 0 Å². The van der Waals surface area contributed by atoms with E-state index in [1.54, 1.807) is 0 Å². The molecule has 3 aromatic rings. The molecule has 0 bridgehead atoms. The molecule has 0 amide bonds. The molecule has 25 heavy (non-hydrogen) atoms. The molecule has 0 spiro atoms. The maximum atomic E-state index is 4.70. The number of aliphatic imine (C=N–C) groups is 1. The molecule has 3 rings (SSSR count). The van der Waals surface area contributed by atoms with Crippen LogP contribution in [0.15, 0.2) is 51.9 Å². The van der Waals surface area contributed by atoms with E-state index in [1.807, 2.05) is 18.3 Å². The molecular formula is C22H23BrN2. The first kappa shape index (κ1) is 17.7. The lowest BCUT2D eigenvalue weighted by atomic mass is 10.1. The Morgan fingerprint density at radius 3 is 2.20 bits per heavy atom. The van der Waals surface area contributed by atoms with Crippen LogP contribution in [0.1, 0.15) is 33.6 Å². The number of hydrogen-bond donors (Lipinski definition) is 0. The van der Waals surface area contributed by atoms with Crippen LogP contribution < -0.4 is 0 Å². The van der Waals surface area contributed by atoms with Crippen molar-refractivity contribution in [3.05, 3.63) is 80.6 Å². The number of rotatable bonds is 3. The Hall–Kier alpha value is -2.13. The van der Waals surface area contributed by atoms with Crippen molar-refractivity contribution in [3.63, 3.8) is 0 Å². The second-order valence-electron chi connectivity index (χ2n) is 6.70. The zero-order valence-corrected chi connectivity index (χ0v) is 17.0. The van der Waals surface area contributed by atoms with Gasteiger partial charge in [-0.15, -0.1) is 0 Å². The minimum Gasteiger partial charge on any atom is -0.318 e. The fourth-order valence-electron chi connectivity index (χ4n) is 3.30. The van der Waals surface area contributed by atoms with Crippen molar-refractivity contribution in [1.82, 2.24) is 4.57 Å². The molecule has 128 valence electrons. The van der Waals surface area contributed by atoms with Crippen LogP contribution in [0.4, 0.5) is 5.69 Å². The Morgan fingerprint density at radius 2 is 1.56 bits per heavy atom. The quantitative estimate of drug-likeness (QED) is 0.449. The van der Waals surface area contributed by atoms with Crippen molar-refractivity contribution in [1.29, 1.82) is 0 Å². The van der Waals surface area contributed by atoms with Crippen LogP contribution in [0.3, 0.4) is 0 Å². The number of aromatic nitrogens is 1. The van der Waals surface area contributed by atoms with Crippen LogP contribution in [0, 0.1) is 34.6 Å². The monoisotopic (exact) mass is 394 g/mol. The van der Waals surface area contributed by atoms with Gasteiger partial charge in [0.25, 0.3) is 0 Å². The summed E-state index contributed by atoms with van der Waals surface area (Å²) in [6.45, 7) is 10.7. The van der Waals surface area contributed by atoms with E-state index in [1.165, 1.54) is 28.2 Å². The normalized spacial score (nSPS) is 11.4. The number of halogens is 1. The van der Waals surface area contributed by atoms with Gasteiger partial charge < -0.3 is 4.57 Å². The van der Waals surface area contributed by atoms with Gasteiger partial charge >= 0.3 is 0 Å². The third-order valence-electron chi connectivity index (χ3n) is 4.44. The van der Waals surface area contributed by atoms with Gasteiger partial charge in [-0.2, -0.15) is 0 Å². The average Bonchev–Trinajstić information content (AvgIpc) is 2.79. The fraction of sp³-hybridized carbons (Fsp3) is 0.227. The maximum Gasteiger partial charge on any atom is 0.0659 e. The molecule has 0 unspecified atom stereocenters. The lowest BCUT2D eigenvalue weighted by molar-refractivity contribution is 0.960. The summed E-state index contributed by atoms with van der Waals surface area (Å²) in [6.07, 6.45) is 1.97. The summed E-state index contributed by atoms with van der Waals surface area (Å²) in [5.41, 5.74) is 9.52. The van der Waals surface area contributed by atoms with E-state index in [2.05, 4.69) is 85.4 Å². The van der Waals surface area contributed by atoms with Crippen LogP contribution >= 0.6 is 15.9 Å².